The topological polar surface area (TPSA) is 86.1 Å². The van der Waals surface area contributed by atoms with Gasteiger partial charge in [-0.2, -0.15) is 18.3 Å². The van der Waals surface area contributed by atoms with E-state index in [0.29, 0.717) is 11.3 Å². The number of halogens is 3. The van der Waals surface area contributed by atoms with Crippen molar-refractivity contribution in [3.63, 3.8) is 0 Å². The number of nitrogens with one attached hydrogen (secondary N) is 1. The fourth-order valence-electron chi connectivity index (χ4n) is 3.19. The van der Waals surface area contributed by atoms with Crippen LogP contribution < -0.4 is 11.1 Å². The van der Waals surface area contributed by atoms with Crippen LogP contribution in [-0.4, -0.2) is 22.2 Å². The Bertz CT molecular complexity index is 1090. The summed E-state index contributed by atoms with van der Waals surface area (Å²) in [6, 6.07) is 6.64. The molecule has 3 N–H and O–H groups in total. The van der Waals surface area contributed by atoms with Crippen molar-refractivity contribution in [2.24, 2.45) is 12.8 Å². The van der Waals surface area contributed by atoms with Gasteiger partial charge in [0.2, 0.25) is 0 Å². The molecule has 1 amide bonds. The molecule has 2 aromatic heterocycles. The van der Waals surface area contributed by atoms with E-state index in [2.05, 4.69) is 10.4 Å². The summed E-state index contributed by atoms with van der Waals surface area (Å²) in [6.45, 7) is 3.45. The third kappa shape index (κ3) is 4.30. The van der Waals surface area contributed by atoms with Crippen molar-refractivity contribution in [3.8, 4) is 11.3 Å². The van der Waals surface area contributed by atoms with Gasteiger partial charge < -0.3 is 15.5 Å². The molecule has 0 aliphatic heterocycles. The Morgan fingerprint density at radius 3 is 2.60 bits per heavy atom. The molecule has 30 heavy (non-hydrogen) atoms. The van der Waals surface area contributed by atoms with Gasteiger partial charge in [0.25, 0.3) is 5.91 Å². The second-order valence-corrected chi connectivity index (χ2v) is 6.79. The van der Waals surface area contributed by atoms with Crippen molar-refractivity contribution in [1.82, 2.24) is 15.1 Å². The maximum Gasteiger partial charge on any atom is 0.416 e. The fourth-order valence-corrected chi connectivity index (χ4v) is 3.19. The van der Waals surface area contributed by atoms with Gasteiger partial charge in [0.05, 0.1) is 17.5 Å². The van der Waals surface area contributed by atoms with Crippen molar-refractivity contribution < 1.29 is 22.4 Å². The van der Waals surface area contributed by atoms with Crippen LogP contribution in [0.3, 0.4) is 0 Å². The second-order valence-electron chi connectivity index (χ2n) is 6.79. The molecule has 0 radical (unpaired) electrons. The van der Waals surface area contributed by atoms with Crippen LogP contribution in [0, 0.1) is 13.8 Å². The van der Waals surface area contributed by atoms with Gasteiger partial charge >= 0.3 is 6.18 Å². The normalized spacial score (nSPS) is 12.3. The summed E-state index contributed by atoms with van der Waals surface area (Å²) in [5, 5.41) is 6.72. The van der Waals surface area contributed by atoms with Gasteiger partial charge in [0, 0.05) is 24.9 Å². The van der Waals surface area contributed by atoms with Crippen LogP contribution in [0.15, 0.2) is 46.6 Å². The molecule has 158 valence electrons. The van der Waals surface area contributed by atoms with Crippen molar-refractivity contribution in [2.75, 3.05) is 6.54 Å². The number of aromatic nitrogens is 2. The average Bonchev–Trinajstić information content (AvgIpc) is 3.22. The number of aryl methyl sites for hydroxylation is 3. The first-order valence-corrected chi connectivity index (χ1v) is 9.09. The summed E-state index contributed by atoms with van der Waals surface area (Å²) in [6.07, 6.45) is -1.61. The predicted molar refractivity (Wildman–Crippen MR) is 106 cm³/mol. The lowest BCUT2D eigenvalue weighted by atomic mass is 10.1. The first-order chi connectivity index (χ1) is 14.1. The first kappa shape index (κ1) is 21.4. The number of nitrogens with two attached hydrogens (primary N) is 1. The number of furan rings is 1. The molecule has 0 fully saturated rings. The van der Waals surface area contributed by atoms with E-state index < -0.39 is 17.6 Å². The summed E-state index contributed by atoms with van der Waals surface area (Å²) in [5.41, 5.74) is 7.31. The van der Waals surface area contributed by atoms with Gasteiger partial charge in [-0.3, -0.25) is 9.48 Å². The molecule has 0 unspecified atom stereocenters. The minimum absolute atomic E-state index is 0.0200. The number of amides is 1. The van der Waals surface area contributed by atoms with E-state index in [9.17, 15) is 18.0 Å². The number of hydrogen-bond donors (Lipinski definition) is 2. The zero-order chi connectivity index (χ0) is 22.1. The molecule has 0 saturated carbocycles. The van der Waals surface area contributed by atoms with Gasteiger partial charge in [-0.25, -0.2) is 0 Å². The van der Waals surface area contributed by atoms with Gasteiger partial charge in [-0.15, -0.1) is 0 Å². The molecule has 9 heteroatoms. The molecular formula is C21H21F3N4O2. The lowest BCUT2D eigenvalue weighted by molar-refractivity contribution is -0.137. The molecular weight excluding hydrogens is 397 g/mol. The van der Waals surface area contributed by atoms with Crippen molar-refractivity contribution in [2.45, 2.75) is 20.0 Å². The van der Waals surface area contributed by atoms with Crippen molar-refractivity contribution >= 4 is 12.0 Å². The van der Waals surface area contributed by atoms with Crippen LogP contribution in [0.25, 0.3) is 17.3 Å². The summed E-state index contributed by atoms with van der Waals surface area (Å²) in [7, 11) is 1.78. The number of rotatable bonds is 5. The number of alkyl halides is 3. The predicted octanol–water partition coefficient (Wildman–Crippen LogP) is 4.05. The molecule has 3 aromatic rings. The Balaban J connectivity index is 1.89. The molecule has 0 atom stereocenters. The molecule has 0 aliphatic carbocycles. The lowest BCUT2D eigenvalue weighted by Crippen LogP contribution is -2.27. The zero-order valence-electron chi connectivity index (χ0n) is 16.7. The average molecular weight is 418 g/mol. The Hall–Kier alpha value is -3.33. The zero-order valence-corrected chi connectivity index (χ0v) is 16.7. The van der Waals surface area contributed by atoms with Crippen LogP contribution in [0.2, 0.25) is 0 Å². The number of carbonyl (C=O) groups excluding carboxylic acids is 1. The summed E-state index contributed by atoms with van der Waals surface area (Å²) >= 11 is 0. The van der Waals surface area contributed by atoms with Crippen molar-refractivity contribution in [3.05, 3.63) is 70.4 Å². The van der Waals surface area contributed by atoms with Gasteiger partial charge in [0.1, 0.15) is 5.76 Å². The molecule has 0 spiro atoms. The highest BCUT2D eigenvalue weighted by Crippen LogP contribution is 2.33. The standard InChI is InChI=1S/C21H21F3N4O2/c1-12-11-26-28(3)19(12)16-9-18(30-13(16)2)20(29)27-15(10-25)8-14-6-4-5-7-17(14)21(22,23)24/h4-9,11H,10,25H2,1-3H3,(H,27,29)/b15-8+. The highest BCUT2D eigenvalue weighted by Gasteiger charge is 2.32. The quantitative estimate of drug-likeness (QED) is 0.655. The van der Waals surface area contributed by atoms with Gasteiger partial charge in [0.15, 0.2) is 5.76 Å². The van der Waals surface area contributed by atoms with Gasteiger partial charge in [-0.1, -0.05) is 18.2 Å². The molecule has 1 aromatic carbocycles. The Labute approximate surface area is 171 Å². The number of carbonyl (C=O) groups is 1. The minimum Gasteiger partial charge on any atom is -0.455 e. The van der Waals surface area contributed by atoms with E-state index in [0.717, 1.165) is 17.3 Å². The fraction of sp³-hybridized carbons (Fsp3) is 0.238. The molecule has 2 heterocycles. The first-order valence-electron chi connectivity index (χ1n) is 9.09. The van der Waals surface area contributed by atoms with Crippen LogP contribution in [0.4, 0.5) is 13.2 Å². The Morgan fingerprint density at radius 2 is 2.00 bits per heavy atom. The highest BCUT2D eigenvalue weighted by atomic mass is 19.4. The van der Waals surface area contributed by atoms with E-state index in [4.69, 9.17) is 10.2 Å². The smallest absolute Gasteiger partial charge is 0.416 e. The van der Waals surface area contributed by atoms with Crippen LogP contribution in [0.5, 0.6) is 0 Å². The minimum atomic E-state index is -4.52. The van der Waals surface area contributed by atoms with Crippen LogP contribution >= 0.6 is 0 Å². The molecule has 3 rings (SSSR count). The third-order valence-electron chi connectivity index (χ3n) is 4.61. The van der Waals surface area contributed by atoms with E-state index in [1.165, 1.54) is 24.3 Å². The molecule has 0 saturated heterocycles. The monoisotopic (exact) mass is 418 g/mol. The number of hydrogen-bond acceptors (Lipinski definition) is 4. The highest BCUT2D eigenvalue weighted by molar-refractivity contribution is 5.94. The molecule has 6 nitrogen and oxygen atoms in total. The summed E-state index contributed by atoms with van der Waals surface area (Å²) in [5.74, 6) is -0.0653. The van der Waals surface area contributed by atoms with E-state index in [1.807, 2.05) is 6.92 Å². The lowest BCUT2D eigenvalue weighted by Gasteiger charge is -2.12. The molecule has 0 aliphatic rings. The Morgan fingerprint density at radius 1 is 1.30 bits per heavy atom. The maximum absolute atomic E-state index is 13.2. The second kappa shape index (κ2) is 8.19. The van der Waals surface area contributed by atoms with Crippen LogP contribution in [-0.2, 0) is 13.2 Å². The SMILES string of the molecule is Cc1cnn(C)c1-c1cc(C(=O)N/C(=C/c2ccccc2C(F)(F)F)CN)oc1C. The summed E-state index contributed by atoms with van der Waals surface area (Å²) < 4.78 is 46.9. The third-order valence-corrected chi connectivity index (χ3v) is 4.61. The van der Waals surface area contributed by atoms with Crippen molar-refractivity contribution in [1.29, 1.82) is 0 Å². The van der Waals surface area contributed by atoms with E-state index in [1.54, 1.807) is 30.9 Å². The van der Waals surface area contributed by atoms with Crippen LogP contribution in [0.1, 0.15) is 33.0 Å². The maximum atomic E-state index is 13.2. The Kier molecular flexibility index (Phi) is 5.84. The van der Waals surface area contributed by atoms with E-state index in [-0.39, 0.29) is 23.6 Å². The van der Waals surface area contributed by atoms with Gasteiger partial charge in [-0.05, 0) is 43.2 Å². The summed E-state index contributed by atoms with van der Waals surface area (Å²) in [4.78, 5) is 12.6. The number of nitrogens with zero attached hydrogens (tertiary/aromatic N) is 2. The largest absolute Gasteiger partial charge is 0.455 e. The number of benzene rings is 1. The van der Waals surface area contributed by atoms with E-state index >= 15 is 0 Å². The molecule has 0 bridgehead atoms.